The molecule has 2 heterocycles. The zero-order valence-electron chi connectivity index (χ0n) is 8.80. The molecule has 1 aromatic heterocycles. The molecule has 0 aromatic carbocycles. The lowest BCUT2D eigenvalue weighted by Crippen LogP contribution is -2.44. The van der Waals surface area contributed by atoms with Crippen LogP contribution < -0.4 is 5.73 Å². The molecule has 1 aliphatic rings. The summed E-state index contributed by atoms with van der Waals surface area (Å²) >= 11 is 1.64. The molecule has 1 saturated heterocycles. The van der Waals surface area contributed by atoms with Crippen LogP contribution in [0.25, 0.3) is 0 Å². The quantitative estimate of drug-likeness (QED) is 0.866. The molecule has 2 rings (SSSR count). The van der Waals surface area contributed by atoms with Crippen LogP contribution in [0, 0.1) is 0 Å². The summed E-state index contributed by atoms with van der Waals surface area (Å²) in [7, 11) is 0. The normalized spacial score (nSPS) is 20.3. The predicted octanol–water partition coefficient (Wildman–Crippen LogP) is 1.03. The molecule has 1 unspecified atom stereocenters. The molecule has 1 aliphatic heterocycles. The van der Waals surface area contributed by atoms with Gasteiger partial charge < -0.3 is 15.4 Å². The summed E-state index contributed by atoms with van der Waals surface area (Å²) in [5, 5.41) is 4.07. The van der Waals surface area contributed by atoms with Crippen LogP contribution in [0.4, 0.5) is 0 Å². The maximum Gasteiger partial charge on any atom is 0.236 e. The fourth-order valence-electron chi connectivity index (χ4n) is 1.66. The van der Waals surface area contributed by atoms with Crippen LogP contribution in [0.3, 0.4) is 0 Å². The number of nitrogens with two attached hydrogens (primary N) is 1. The maximum absolute atomic E-state index is 11.4. The van der Waals surface area contributed by atoms with Crippen LogP contribution in [0.2, 0.25) is 0 Å². The van der Waals surface area contributed by atoms with Crippen molar-refractivity contribution >= 4 is 29.7 Å². The summed E-state index contributed by atoms with van der Waals surface area (Å²) in [6.07, 6.45) is 0.0144. The Morgan fingerprint density at radius 3 is 3.12 bits per heavy atom. The molecule has 1 aromatic rings. The highest BCUT2D eigenvalue weighted by molar-refractivity contribution is 7.07. The Balaban J connectivity index is 0.00000128. The number of rotatable bonds is 2. The number of nitrogens with zero attached hydrogens (tertiary/aromatic N) is 1. The van der Waals surface area contributed by atoms with Gasteiger partial charge in [0.15, 0.2) is 0 Å². The van der Waals surface area contributed by atoms with Crippen molar-refractivity contribution in [3.8, 4) is 0 Å². The van der Waals surface area contributed by atoms with E-state index in [-0.39, 0.29) is 31.0 Å². The molecule has 4 nitrogen and oxygen atoms in total. The van der Waals surface area contributed by atoms with E-state index in [0.717, 1.165) is 5.56 Å². The van der Waals surface area contributed by atoms with Crippen molar-refractivity contribution in [1.29, 1.82) is 0 Å². The van der Waals surface area contributed by atoms with Gasteiger partial charge in [0.1, 0.15) is 6.10 Å². The highest BCUT2D eigenvalue weighted by atomic mass is 35.5. The first-order valence-corrected chi connectivity index (χ1v) is 5.87. The Morgan fingerprint density at radius 1 is 1.69 bits per heavy atom. The second-order valence-corrected chi connectivity index (χ2v) is 4.24. The Bertz CT molecular complexity index is 332. The van der Waals surface area contributed by atoms with Gasteiger partial charge in [-0.05, 0) is 22.4 Å². The second kappa shape index (κ2) is 6.20. The van der Waals surface area contributed by atoms with Crippen molar-refractivity contribution in [3.05, 3.63) is 22.4 Å². The lowest BCUT2D eigenvalue weighted by atomic mass is 10.1. The van der Waals surface area contributed by atoms with Crippen LogP contribution in [0.5, 0.6) is 0 Å². The number of amides is 1. The van der Waals surface area contributed by atoms with Crippen molar-refractivity contribution in [2.45, 2.75) is 6.10 Å². The number of thiophene rings is 1. The Kier molecular flexibility index (Phi) is 5.21. The van der Waals surface area contributed by atoms with Crippen LogP contribution >= 0.6 is 23.7 Å². The molecule has 0 saturated carbocycles. The van der Waals surface area contributed by atoms with Gasteiger partial charge in [0, 0.05) is 6.54 Å². The average Bonchev–Trinajstić information content (AvgIpc) is 2.82. The van der Waals surface area contributed by atoms with Crippen molar-refractivity contribution < 1.29 is 9.53 Å². The van der Waals surface area contributed by atoms with E-state index < -0.39 is 0 Å². The van der Waals surface area contributed by atoms with Gasteiger partial charge in [-0.1, -0.05) is 0 Å². The van der Waals surface area contributed by atoms with E-state index in [4.69, 9.17) is 10.5 Å². The first kappa shape index (κ1) is 13.4. The van der Waals surface area contributed by atoms with E-state index in [1.54, 1.807) is 16.2 Å². The van der Waals surface area contributed by atoms with Crippen molar-refractivity contribution in [2.24, 2.45) is 5.73 Å². The van der Waals surface area contributed by atoms with Crippen LogP contribution in [0.15, 0.2) is 16.8 Å². The summed E-state index contributed by atoms with van der Waals surface area (Å²) in [4.78, 5) is 13.2. The molecule has 1 fully saturated rings. The van der Waals surface area contributed by atoms with Crippen LogP contribution in [-0.4, -0.2) is 37.0 Å². The van der Waals surface area contributed by atoms with Crippen molar-refractivity contribution in [1.82, 2.24) is 4.90 Å². The lowest BCUT2D eigenvalue weighted by Gasteiger charge is -2.32. The largest absolute Gasteiger partial charge is 0.370 e. The topological polar surface area (TPSA) is 55.6 Å². The number of hydrogen-bond donors (Lipinski definition) is 1. The number of morpholine rings is 1. The van der Waals surface area contributed by atoms with E-state index in [1.807, 2.05) is 11.4 Å². The van der Waals surface area contributed by atoms with E-state index in [0.29, 0.717) is 19.7 Å². The van der Waals surface area contributed by atoms with Gasteiger partial charge >= 0.3 is 0 Å². The van der Waals surface area contributed by atoms with Crippen LogP contribution in [-0.2, 0) is 9.53 Å². The van der Waals surface area contributed by atoms with E-state index >= 15 is 0 Å². The molecular weight excluding hydrogens is 248 g/mol. The van der Waals surface area contributed by atoms with Gasteiger partial charge in [-0.15, -0.1) is 12.4 Å². The Morgan fingerprint density at radius 2 is 2.50 bits per heavy atom. The minimum atomic E-state index is -0.00136. The molecule has 0 radical (unpaired) electrons. The third-order valence-corrected chi connectivity index (χ3v) is 3.21. The zero-order valence-corrected chi connectivity index (χ0v) is 10.4. The Labute approximate surface area is 105 Å². The summed E-state index contributed by atoms with van der Waals surface area (Å²) in [5.74, 6) is -0.00136. The molecule has 0 aliphatic carbocycles. The van der Waals surface area contributed by atoms with E-state index in [2.05, 4.69) is 5.38 Å². The zero-order chi connectivity index (χ0) is 10.7. The monoisotopic (exact) mass is 262 g/mol. The van der Waals surface area contributed by atoms with Gasteiger partial charge in [-0.2, -0.15) is 11.3 Å². The number of ether oxygens (including phenoxy) is 1. The summed E-state index contributed by atoms with van der Waals surface area (Å²) in [6, 6.07) is 2.03. The number of carbonyl (C=O) groups is 1. The third kappa shape index (κ3) is 2.95. The molecule has 1 atom stereocenters. The molecule has 16 heavy (non-hydrogen) atoms. The van der Waals surface area contributed by atoms with Gasteiger partial charge in [0.25, 0.3) is 0 Å². The molecule has 0 spiro atoms. The van der Waals surface area contributed by atoms with Crippen LogP contribution in [0.1, 0.15) is 11.7 Å². The maximum atomic E-state index is 11.4. The fraction of sp³-hybridized carbons (Fsp3) is 0.500. The summed E-state index contributed by atoms with van der Waals surface area (Å²) < 4.78 is 5.62. The first-order valence-electron chi connectivity index (χ1n) is 4.93. The summed E-state index contributed by atoms with van der Waals surface area (Å²) in [5.41, 5.74) is 6.48. The van der Waals surface area contributed by atoms with Crippen molar-refractivity contribution in [2.75, 3.05) is 26.2 Å². The number of carbonyl (C=O) groups excluding carboxylic acids is 1. The van der Waals surface area contributed by atoms with Gasteiger partial charge in [-0.3, -0.25) is 4.79 Å². The Hall–Kier alpha value is -0.620. The van der Waals surface area contributed by atoms with Gasteiger partial charge in [0.2, 0.25) is 5.91 Å². The molecule has 6 heteroatoms. The first-order chi connectivity index (χ1) is 7.31. The third-order valence-electron chi connectivity index (χ3n) is 2.51. The molecule has 90 valence electrons. The SMILES string of the molecule is Cl.NCC(=O)N1CCOC(c2ccsc2)C1. The smallest absolute Gasteiger partial charge is 0.236 e. The molecular formula is C10H15ClN2O2S. The molecule has 0 bridgehead atoms. The van der Waals surface area contributed by atoms with Gasteiger partial charge in [-0.25, -0.2) is 0 Å². The minimum absolute atomic E-state index is 0. The number of hydrogen-bond acceptors (Lipinski definition) is 4. The highest BCUT2D eigenvalue weighted by Crippen LogP contribution is 2.23. The van der Waals surface area contributed by atoms with Crippen molar-refractivity contribution in [3.63, 3.8) is 0 Å². The highest BCUT2D eigenvalue weighted by Gasteiger charge is 2.24. The molecule has 1 amide bonds. The minimum Gasteiger partial charge on any atom is -0.370 e. The van der Waals surface area contributed by atoms with E-state index in [1.165, 1.54) is 0 Å². The fourth-order valence-corrected chi connectivity index (χ4v) is 2.37. The second-order valence-electron chi connectivity index (χ2n) is 3.46. The standard InChI is InChI=1S/C10H14N2O2S.ClH/c11-5-10(13)12-2-3-14-9(6-12)8-1-4-15-7-8;/h1,4,7,9H,2-3,5-6,11H2;1H. The number of halogens is 1. The predicted molar refractivity (Wildman–Crippen MR) is 65.9 cm³/mol. The molecule has 2 N–H and O–H groups in total. The van der Waals surface area contributed by atoms with Gasteiger partial charge in [0.05, 0.1) is 19.7 Å². The lowest BCUT2D eigenvalue weighted by molar-refractivity contribution is -0.137. The average molecular weight is 263 g/mol. The summed E-state index contributed by atoms with van der Waals surface area (Å²) in [6.45, 7) is 1.94. The van der Waals surface area contributed by atoms with E-state index in [9.17, 15) is 4.79 Å².